The van der Waals surface area contributed by atoms with E-state index in [0.29, 0.717) is 5.56 Å². The Balaban J connectivity index is 1.78. The lowest BCUT2D eigenvalue weighted by Crippen LogP contribution is -2.51. The van der Waals surface area contributed by atoms with Crippen LogP contribution in [0.5, 0.6) is 0 Å². The normalized spacial score (nSPS) is 18.8. The molecule has 156 valence electrons. The summed E-state index contributed by atoms with van der Waals surface area (Å²) in [6, 6.07) is 8.70. The maximum Gasteiger partial charge on any atom is 0.252 e. The number of fused-ring (bicyclic) bond motifs is 1. The van der Waals surface area contributed by atoms with Gasteiger partial charge < -0.3 is 15.1 Å². The zero-order valence-corrected chi connectivity index (χ0v) is 18.3. The Morgan fingerprint density at radius 1 is 1.17 bits per heavy atom. The van der Waals surface area contributed by atoms with Gasteiger partial charge in [-0.25, -0.2) is 0 Å². The first-order valence-corrected chi connectivity index (χ1v) is 10.3. The van der Waals surface area contributed by atoms with Crippen LogP contribution in [-0.4, -0.2) is 17.9 Å². The van der Waals surface area contributed by atoms with Crippen molar-refractivity contribution in [1.82, 2.24) is 10.6 Å². The summed E-state index contributed by atoms with van der Waals surface area (Å²) in [5.41, 5.74) is 2.58. The number of aryl methyl sites for hydroxylation is 2. The fraction of sp³-hybridized carbons (Fsp3) is 0.500. The summed E-state index contributed by atoms with van der Waals surface area (Å²) in [6.45, 7) is 12.1. The molecule has 5 heteroatoms. The van der Waals surface area contributed by atoms with Crippen LogP contribution in [0.4, 0.5) is 0 Å². The molecule has 29 heavy (non-hydrogen) atoms. The van der Waals surface area contributed by atoms with Gasteiger partial charge in [0.2, 0.25) is 5.91 Å². The standard InChI is InChI=1S/C24H32N2O3/c1-14(2)21(26-22(27)17-10-8-7-9-15(17)3)23(28)25-19-12-24(5,6)13-20-18(19)11-16(4)29-20/h7-11,14,19,21H,12-13H2,1-6H3,(H,25,28)(H,26,27). The second kappa shape index (κ2) is 8.05. The molecular formula is C24H32N2O3. The fourth-order valence-corrected chi connectivity index (χ4v) is 4.16. The van der Waals surface area contributed by atoms with Crippen LogP contribution in [0.1, 0.15) is 73.2 Å². The molecule has 0 saturated heterocycles. The number of hydrogen-bond donors (Lipinski definition) is 2. The second-order valence-corrected chi connectivity index (χ2v) is 9.35. The highest BCUT2D eigenvalue weighted by Crippen LogP contribution is 2.42. The number of hydrogen-bond acceptors (Lipinski definition) is 3. The average molecular weight is 397 g/mol. The highest BCUT2D eigenvalue weighted by molar-refractivity contribution is 5.98. The summed E-state index contributed by atoms with van der Waals surface area (Å²) in [5, 5.41) is 6.12. The molecule has 1 aliphatic carbocycles. The Morgan fingerprint density at radius 2 is 1.86 bits per heavy atom. The third kappa shape index (κ3) is 4.72. The second-order valence-electron chi connectivity index (χ2n) is 9.35. The Labute approximate surface area is 173 Å². The predicted molar refractivity (Wildman–Crippen MR) is 114 cm³/mol. The van der Waals surface area contributed by atoms with E-state index in [-0.39, 0.29) is 29.2 Å². The van der Waals surface area contributed by atoms with E-state index in [1.807, 2.05) is 52.0 Å². The Morgan fingerprint density at radius 3 is 2.52 bits per heavy atom. The van der Waals surface area contributed by atoms with E-state index in [9.17, 15) is 9.59 Å². The molecule has 0 spiro atoms. The zero-order valence-electron chi connectivity index (χ0n) is 18.3. The van der Waals surface area contributed by atoms with Crippen LogP contribution in [0, 0.1) is 25.2 Å². The van der Waals surface area contributed by atoms with Crippen molar-refractivity contribution in [1.29, 1.82) is 0 Å². The smallest absolute Gasteiger partial charge is 0.252 e. The molecule has 0 bridgehead atoms. The molecule has 0 radical (unpaired) electrons. The van der Waals surface area contributed by atoms with Gasteiger partial charge in [-0.3, -0.25) is 9.59 Å². The molecular weight excluding hydrogens is 364 g/mol. The van der Waals surface area contributed by atoms with Gasteiger partial charge in [0.05, 0.1) is 6.04 Å². The SMILES string of the molecule is Cc1cc2c(o1)CC(C)(C)CC2NC(=O)C(NC(=O)c1ccccc1C)C(C)C. The van der Waals surface area contributed by atoms with E-state index >= 15 is 0 Å². The molecule has 1 aromatic heterocycles. The van der Waals surface area contributed by atoms with Crippen molar-refractivity contribution in [3.05, 3.63) is 58.5 Å². The number of benzene rings is 1. The first-order chi connectivity index (χ1) is 13.6. The van der Waals surface area contributed by atoms with Gasteiger partial charge in [-0.15, -0.1) is 0 Å². The molecule has 2 unspecified atom stereocenters. The summed E-state index contributed by atoms with van der Waals surface area (Å²) in [7, 11) is 0. The van der Waals surface area contributed by atoms with Crippen molar-refractivity contribution in [2.45, 2.75) is 66.5 Å². The average Bonchev–Trinajstić information content (AvgIpc) is 2.98. The maximum atomic E-state index is 13.2. The molecule has 0 aliphatic heterocycles. The molecule has 5 nitrogen and oxygen atoms in total. The minimum Gasteiger partial charge on any atom is -0.466 e. The number of furan rings is 1. The number of carbonyl (C=O) groups is 2. The minimum absolute atomic E-state index is 0.0347. The third-order valence-corrected chi connectivity index (χ3v) is 5.68. The van der Waals surface area contributed by atoms with Crippen molar-refractivity contribution in [3.63, 3.8) is 0 Å². The van der Waals surface area contributed by atoms with Crippen LogP contribution in [-0.2, 0) is 11.2 Å². The lowest BCUT2D eigenvalue weighted by atomic mass is 9.74. The van der Waals surface area contributed by atoms with Gasteiger partial charge in [0.25, 0.3) is 5.91 Å². The zero-order chi connectivity index (χ0) is 21.3. The molecule has 2 atom stereocenters. The third-order valence-electron chi connectivity index (χ3n) is 5.68. The van der Waals surface area contributed by atoms with Gasteiger partial charge in [-0.2, -0.15) is 0 Å². The van der Waals surface area contributed by atoms with Crippen molar-refractivity contribution >= 4 is 11.8 Å². The lowest BCUT2D eigenvalue weighted by Gasteiger charge is -2.35. The molecule has 1 aromatic carbocycles. The van der Waals surface area contributed by atoms with Crippen LogP contribution in [0.15, 0.2) is 34.7 Å². The van der Waals surface area contributed by atoms with Crippen LogP contribution in [0.2, 0.25) is 0 Å². The van der Waals surface area contributed by atoms with E-state index in [1.165, 1.54) is 0 Å². The van der Waals surface area contributed by atoms with Gasteiger partial charge in [0.15, 0.2) is 0 Å². The summed E-state index contributed by atoms with van der Waals surface area (Å²) in [5.74, 6) is 1.40. The first kappa shape index (κ1) is 21.2. The van der Waals surface area contributed by atoms with Gasteiger partial charge in [-0.05, 0) is 49.3 Å². The quantitative estimate of drug-likeness (QED) is 0.783. The Bertz CT molecular complexity index is 911. The summed E-state index contributed by atoms with van der Waals surface area (Å²) >= 11 is 0. The molecule has 1 heterocycles. The van der Waals surface area contributed by atoms with E-state index in [1.54, 1.807) is 6.07 Å². The Hall–Kier alpha value is -2.56. The highest BCUT2D eigenvalue weighted by Gasteiger charge is 2.37. The van der Waals surface area contributed by atoms with Crippen LogP contribution < -0.4 is 10.6 Å². The van der Waals surface area contributed by atoms with Gasteiger partial charge in [0.1, 0.15) is 17.6 Å². The van der Waals surface area contributed by atoms with E-state index in [2.05, 4.69) is 24.5 Å². The number of nitrogens with one attached hydrogen (secondary N) is 2. The van der Waals surface area contributed by atoms with E-state index in [4.69, 9.17) is 4.42 Å². The van der Waals surface area contributed by atoms with Crippen LogP contribution in [0.25, 0.3) is 0 Å². The summed E-state index contributed by atoms with van der Waals surface area (Å²) in [6.07, 6.45) is 1.70. The largest absolute Gasteiger partial charge is 0.466 e. The Kier molecular flexibility index (Phi) is 5.87. The topological polar surface area (TPSA) is 71.3 Å². The molecule has 0 saturated carbocycles. The van der Waals surface area contributed by atoms with Gasteiger partial charge in [-0.1, -0.05) is 45.9 Å². The van der Waals surface area contributed by atoms with E-state index in [0.717, 1.165) is 35.5 Å². The van der Waals surface area contributed by atoms with Crippen LogP contribution in [0.3, 0.4) is 0 Å². The van der Waals surface area contributed by atoms with Crippen molar-refractivity contribution in [2.24, 2.45) is 11.3 Å². The summed E-state index contributed by atoms with van der Waals surface area (Å²) in [4.78, 5) is 26.0. The van der Waals surface area contributed by atoms with Gasteiger partial charge in [0, 0.05) is 17.5 Å². The molecule has 2 N–H and O–H groups in total. The van der Waals surface area contributed by atoms with Crippen molar-refractivity contribution in [3.8, 4) is 0 Å². The monoisotopic (exact) mass is 396 g/mol. The number of rotatable bonds is 5. The predicted octanol–water partition coefficient (Wildman–Crippen LogP) is 4.48. The number of amides is 2. The highest BCUT2D eigenvalue weighted by atomic mass is 16.3. The molecule has 2 amide bonds. The van der Waals surface area contributed by atoms with E-state index < -0.39 is 6.04 Å². The first-order valence-electron chi connectivity index (χ1n) is 10.3. The van der Waals surface area contributed by atoms with Gasteiger partial charge >= 0.3 is 0 Å². The van der Waals surface area contributed by atoms with Crippen molar-refractivity contribution < 1.29 is 14.0 Å². The minimum atomic E-state index is -0.608. The maximum absolute atomic E-state index is 13.2. The van der Waals surface area contributed by atoms with Crippen molar-refractivity contribution in [2.75, 3.05) is 0 Å². The molecule has 0 fully saturated rings. The molecule has 1 aliphatic rings. The fourth-order valence-electron chi connectivity index (χ4n) is 4.16. The molecule has 3 rings (SSSR count). The number of carbonyl (C=O) groups excluding carboxylic acids is 2. The molecule has 2 aromatic rings. The van der Waals surface area contributed by atoms with Crippen LogP contribution >= 0.6 is 0 Å². The lowest BCUT2D eigenvalue weighted by molar-refractivity contribution is -0.125. The summed E-state index contributed by atoms with van der Waals surface area (Å²) < 4.78 is 5.88.